The van der Waals surface area contributed by atoms with Gasteiger partial charge in [0, 0.05) is 25.7 Å². The second kappa shape index (κ2) is 5.10. The molecule has 0 amide bonds. The van der Waals surface area contributed by atoms with Crippen LogP contribution in [-0.4, -0.2) is 49.8 Å². The molecule has 0 spiro atoms. The molecule has 3 heteroatoms. The average molecular weight is 198 g/mol. The van der Waals surface area contributed by atoms with Crippen molar-refractivity contribution in [2.45, 2.75) is 38.3 Å². The lowest BCUT2D eigenvalue weighted by atomic mass is 10.1. The van der Waals surface area contributed by atoms with Crippen LogP contribution >= 0.6 is 0 Å². The summed E-state index contributed by atoms with van der Waals surface area (Å²) < 4.78 is 5.66. The first-order valence-corrected chi connectivity index (χ1v) is 5.96. The third-order valence-electron chi connectivity index (χ3n) is 3.32. The van der Waals surface area contributed by atoms with Crippen LogP contribution in [0.3, 0.4) is 0 Å². The van der Waals surface area contributed by atoms with E-state index in [1.165, 1.54) is 25.9 Å². The SMILES string of the molecule is CCC1CN(CC2CCCN2)CCO1. The monoisotopic (exact) mass is 198 g/mol. The van der Waals surface area contributed by atoms with Gasteiger partial charge in [0.05, 0.1) is 12.7 Å². The summed E-state index contributed by atoms with van der Waals surface area (Å²) in [7, 11) is 0. The molecule has 82 valence electrons. The van der Waals surface area contributed by atoms with Gasteiger partial charge in [0.25, 0.3) is 0 Å². The van der Waals surface area contributed by atoms with Crippen molar-refractivity contribution < 1.29 is 4.74 Å². The number of hydrogen-bond donors (Lipinski definition) is 1. The Morgan fingerprint density at radius 1 is 1.50 bits per heavy atom. The first-order valence-electron chi connectivity index (χ1n) is 5.96. The minimum atomic E-state index is 0.477. The fraction of sp³-hybridized carbons (Fsp3) is 1.00. The molecule has 2 saturated heterocycles. The van der Waals surface area contributed by atoms with E-state index < -0.39 is 0 Å². The summed E-state index contributed by atoms with van der Waals surface area (Å²) in [6, 6.07) is 0.741. The van der Waals surface area contributed by atoms with Gasteiger partial charge in [-0.25, -0.2) is 0 Å². The van der Waals surface area contributed by atoms with Gasteiger partial charge in [-0.3, -0.25) is 4.90 Å². The second-order valence-electron chi connectivity index (χ2n) is 4.45. The lowest BCUT2D eigenvalue weighted by Crippen LogP contribution is -2.47. The molecule has 2 aliphatic heterocycles. The Balaban J connectivity index is 1.73. The zero-order valence-electron chi connectivity index (χ0n) is 9.17. The van der Waals surface area contributed by atoms with Gasteiger partial charge in [-0.2, -0.15) is 0 Å². The Bertz CT molecular complexity index is 169. The molecule has 0 aromatic heterocycles. The van der Waals surface area contributed by atoms with Crippen LogP contribution in [0.2, 0.25) is 0 Å². The summed E-state index contributed by atoms with van der Waals surface area (Å²) >= 11 is 0. The Kier molecular flexibility index (Phi) is 3.79. The van der Waals surface area contributed by atoms with E-state index in [1.54, 1.807) is 0 Å². The number of rotatable bonds is 3. The van der Waals surface area contributed by atoms with E-state index in [2.05, 4.69) is 17.1 Å². The lowest BCUT2D eigenvalue weighted by molar-refractivity contribution is -0.0316. The van der Waals surface area contributed by atoms with E-state index in [0.717, 1.165) is 32.2 Å². The normalized spacial score (nSPS) is 34.9. The van der Waals surface area contributed by atoms with Crippen molar-refractivity contribution in [3.05, 3.63) is 0 Å². The fourth-order valence-corrected chi connectivity index (χ4v) is 2.42. The van der Waals surface area contributed by atoms with Crippen molar-refractivity contribution in [3.63, 3.8) is 0 Å². The molecule has 2 fully saturated rings. The third-order valence-corrected chi connectivity index (χ3v) is 3.32. The van der Waals surface area contributed by atoms with Gasteiger partial charge < -0.3 is 10.1 Å². The smallest absolute Gasteiger partial charge is 0.0700 e. The van der Waals surface area contributed by atoms with E-state index in [1.807, 2.05) is 0 Å². The summed E-state index contributed by atoms with van der Waals surface area (Å²) in [6.45, 7) is 7.82. The van der Waals surface area contributed by atoms with Gasteiger partial charge in [0.15, 0.2) is 0 Å². The number of morpholine rings is 1. The van der Waals surface area contributed by atoms with Gasteiger partial charge in [-0.05, 0) is 25.8 Å². The molecule has 0 saturated carbocycles. The molecule has 2 aliphatic rings. The molecule has 2 atom stereocenters. The molecular weight excluding hydrogens is 176 g/mol. The Morgan fingerprint density at radius 2 is 2.43 bits per heavy atom. The van der Waals surface area contributed by atoms with Crippen molar-refractivity contribution in [3.8, 4) is 0 Å². The maximum Gasteiger partial charge on any atom is 0.0700 e. The molecule has 1 N–H and O–H groups in total. The van der Waals surface area contributed by atoms with Crippen LogP contribution in [0.1, 0.15) is 26.2 Å². The number of nitrogens with one attached hydrogen (secondary N) is 1. The molecule has 0 aromatic rings. The molecule has 14 heavy (non-hydrogen) atoms. The first kappa shape index (κ1) is 10.4. The van der Waals surface area contributed by atoms with E-state index >= 15 is 0 Å². The van der Waals surface area contributed by atoms with Crippen LogP contribution in [0.25, 0.3) is 0 Å². The second-order valence-corrected chi connectivity index (χ2v) is 4.45. The standard InChI is InChI=1S/C11H22N2O/c1-2-11-9-13(6-7-14-11)8-10-4-3-5-12-10/h10-12H,2-9H2,1H3. The Labute approximate surface area is 86.8 Å². The zero-order chi connectivity index (χ0) is 9.80. The Hall–Kier alpha value is -0.120. The maximum absolute atomic E-state index is 5.66. The summed E-state index contributed by atoms with van der Waals surface area (Å²) in [5.74, 6) is 0. The predicted octanol–water partition coefficient (Wildman–Crippen LogP) is 0.849. The highest BCUT2D eigenvalue weighted by Gasteiger charge is 2.22. The molecule has 3 nitrogen and oxygen atoms in total. The lowest BCUT2D eigenvalue weighted by Gasteiger charge is -2.34. The minimum absolute atomic E-state index is 0.477. The molecule has 0 aliphatic carbocycles. The molecule has 2 rings (SSSR count). The molecule has 0 aromatic carbocycles. The van der Waals surface area contributed by atoms with Gasteiger partial charge in [0.2, 0.25) is 0 Å². The van der Waals surface area contributed by atoms with E-state index in [-0.39, 0.29) is 0 Å². The van der Waals surface area contributed by atoms with Crippen LogP contribution in [0.4, 0.5) is 0 Å². The highest BCUT2D eigenvalue weighted by atomic mass is 16.5. The number of hydrogen-bond acceptors (Lipinski definition) is 3. The van der Waals surface area contributed by atoms with E-state index in [4.69, 9.17) is 4.74 Å². The first-order chi connectivity index (χ1) is 6.88. The summed E-state index contributed by atoms with van der Waals surface area (Å²) in [5.41, 5.74) is 0. The molecule has 0 radical (unpaired) electrons. The van der Waals surface area contributed by atoms with Crippen molar-refractivity contribution in [2.24, 2.45) is 0 Å². The predicted molar refractivity (Wildman–Crippen MR) is 57.5 cm³/mol. The minimum Gasteiger partial charge on any atom is -0.376 e. The zero-order valence-corrected chi connectivity index (χ0v) is 9.17. The Morgan fingerprint density at radius 3 is 3.14 bits per heavy atom. The van der Waals surface area contributed by atoms with Gasteiger partial charge in [-0.15, -0.1) is 0 Å². The van der Waals surface area contributed by atoms with Crippen molar-refractivity contribution in [1.82, 2.24) is 10.2 Å². The fourth-order valence-electron chi connectivity index (χ4n) is 2.42. The number of ether oxygens (including phenoxy) is 1. The van der Waals surface area contributed by atoms with Crippen molar-refractivity contribution in [2.75, 3.05) is 32.8 Å². The highest BCUT2D eigenvalue weighted by Crippen LogP contribution is 2.12. The molecule has 0 bridgehead atoms. The van der Waals surface area contributed by atoms with Crippen LogP contribution < -0.4 is 5.32 Å². The largest absolute Gasteiger partial charge is 0.376 e. The van der Waals surface area contributed by atoms with Gasteiger partial charge in [0.1, 0.15) is 0 Å². The maximum atomic E-state index is 5.66. The molecule has 2 heterocycles. The van der Waals surface area contributed by atoms with Crippen molar-refractivity contribution in [1.29, 1.82) is 0 Å². The van der Waals surface area contributed by atoms with Crippen LogP contribution in [0, 0.1) is 0 Å². The molecule has 2 unspecified atom stereocenters. The topological polar surface area (TPSA) is 24.5 Å². The van der Waals surface area contributed by atoms with Gasteiger partial charge >= 0.3 is 0 Å². The van der Waals surface area contributed by atoms with Crippen LogP contribution in [-0.2, 0) is 4.74 Å². The number of nitrogens with zero attached hydrogens (tertiary/aromatic N) is 1. The third kappa shape index (κ3) is 2.69. The average Bonchev–Trinajstić information content (AvgIpc) is 2.71. The highest BCUT2D eigenvalue weighted by molar-refractivity contribution is 4.80. The van der Waals surface area contributed by atoms with E-state index in [0.29, 0.717) is 6.10 Å². The summed E-state index contributed by atoms with van der Waals surface area (Å²) in [5, 5.41) is 3.55. The summed E-state index contributed by atoms with van der Waals surface area (Å²) in [4.78, 5) is 2.56. The van der Waals surface area contributed by atoms with Crippen molar-refractivity contribution >= 4 is 0 Å². The van der Waals surface area contributed by atoms with Crippen LogP contribution in [0.15, 0.2) is 0 Å². The van der Waals surface area contributed by atoms with Gasteiger partial charge in [-0.1, -0.05) is 6.92 Å². The quantitative estimate of drug-likeness (QED) is 0.727. The van der Waals surface area contributed by atoms with E-state index in [9.17, 15) is 0 Å². The summed E-state index contributed by atoms with van der Waals surface area (Å²) in [6.07, 6.45) is 4.33. The molecular formula is C11H22N2O. The van der Waals surface area contributed by atoms with Crippen LogP contribution in [0.5, 0.6) is 0 Å².